The molecular weight excluding hydrogens is 472 g/mol. The molecule has 0 aliphatic carbocycles. The lowest BCUT2D eigenvalue weighted by atomic mass is 9.95. The molecule has 2 heterocycles. The Hall–Kier alpha value is -4.07. The molecule has 2 aliphatic heterocycles. The number of rotatable bonds is 9. The lowest BCUT2D eigenvalue weighted by Gasteiger charge is -2.39. The molecule has 0 spiro atoms. The minimum absolute atomic E-state index is 0.0326. The Labute approximate surface area is 217 Å². The lowest BCUT2D eigenvalue weighted by molar-refractivity contribution is -0.0214. The highest BCUT2D eigenvalue weighted by atomic mass is 16.5. The third kappa shape index (κ3) is 4.48. The van der Waals surface area contributed by atoms with E-state index < -0.39 is 6.23 Å². The molecule has 0 unspecified atom stereocenters. The summed E-state index contributed by atoms with van der Waals surface area (Å²) in [5.74, 6) is 3.91. The molecule has 8 heteroatoms. The molecule has 5 rings (SSSR count). The van der Waals surface area contributed by atoms with E-state index in [0.29, 0.717) is 36.2 Å². The van der Waals surface area contributed by atoms with Crippen LogP contribution in [0.5, 0.6) is 34.5 Å². The van der Waals surface area contributed by atoms with Gasteiger partial charge in [0.2, 0.25) is 12.0 Å². The van der Waals surface area contributed by atoms with Crippen molar-refractivity contribution in [3.8, 4) is 34.5 Å². The number of hydrogen-bond acceptors (Lipinski definition) is 8. The highest BCUT2D eigenvalue weighted by Crippen LogP contribution is 2.52. The van der Waals surface area contributed by atoms with Crippen LogP contribution in [0.4, 0.5) is 0 Å². The van der Waals surface area contributed by atoms with E-state index in [9.17, 15) is 0 Å². The summed E-state index contributed by atoms with van der Waals surface area (Å²) in [5.41, 5.74) is 3.89. The molecule has 8 nitrogen and oxygen atoms in total. The molecule has 0 amide bonds. The van der Waals surface area contributed by atoms with Crippen molar-refractivity contribution in [3.63, 3.8) is 0 Å². The molecule has 0 fully saturated rings. The summed E-state index contributed by atoms with van der Waals surface area (Å²) in [4.78, 5) is 0. The Balaban J connectivity index is 1.61. The van der Waals surface area contributed by atoms with E-state index >= 15 is 0 Å². The molecule has 0 aromatic heterocycles. The van der Waals surface area contributed by atoms with Gasteiger partial charge in [-0.25, -0.2) is 5.01 Å². The average Bonchev–Trinajstić information content (AvgIpc) is 3.38. The van der Waals surface area contributed by atoms with Gasteiger partial charge in [-0.2, -0.15) is 5.10 Å². The number of nitrogens with zero attached hydrogens (tertiary/aromatic N) is 2. The summed E-state index contributed by atoms with van der Waals surface area (Å²) in [6.07, 6.45) is 0.189. The zero-order valence-electron chi connectivity index (χ0n) is 21.8. The number of methoxy groups -OCH3 is 3. The summed E-state index contributed by atoms with van der Waals surface area (Å²) < 4.78 is 35.0. The van der Waals surface area contributed by atoms with Crippen molar-refractivity contribution in [1.29, 1.82) is 0 Å². The number of fused-ring (bicyclic) bond motifs is 3. The van der Waals surface area contributed by atoms with Gasteiger partial charge < -0.3 is 28.4 Å². The predicted octanol–water partition coefficient (Wildman–Crippen LogP) is 5.75. The van der Waals surface area contributed by atoms with Gasteiger partial charge in [0.15, 0.2) is 23.0 Å². The summed E-state index contributed by atoms with van der Waals surface area (Å²) in [5, 5.41) is 7.09. The quantitative estimate of drug-likeness (QED) is 0.367. The van der Waals surface area contributed by atoms with Crippen molar-refractivity contribution in [2.24, 2.45) is 5.10 Å². The molecule has 0 saturated carbocycles. The number of hydrogen-bond donors (Lipinski definition) is 0. The third-order valence-corrected chi connectivity index (χ3v) is 6.55. The zero-order chi connectivity index (χ0) is 25.9. The van der Waals surface area contributed by atoms with Crippen LogP contribution in [-0.2, 0) is 0 Å². The van der Waals surface area contributed by atoms with Crippen LogP contribution in [0.3, 0.4) is 0 Å². The van der Waals surface area contributed by atoms with Gasteiger partial charge in [-0.1, -0.05) is 12.1 Å². The Morgan fingerprint density at radius 2 is 1.57 bits per heavy atom. The first kappa shape index (κ1) is 24.6. The summed E-state index contributed by atoms with van der Waals surface area (Å²) in [7, 11) is 4.80. The molecule has 194 valence electrons. The van der Waals surface area contributed by atoms with Crippen molar-refractivity contribution in [2.45, 2.75) is 32.5 Å². The molecular formula is C29H32N2O6. The minimum Gasteiger partial charge on any atom is -0.494 e. The van der Waals surface area contributed by atoms with Gasteiger partial charge in [-0.15, -0.1) is 0 Å². The molecule has 0 radical (unpaired) electrons. The zero-order valence-corrected chi connectivity index (χ0v) is 21.8. The first-order valence-electron chi connectivity index (χ1n) is 12.4. The Morgan fingerprint density at radius 1 is 0.865 bits per heavy atom. The van der Waals surface area contributed by atoms with Crippen LogP contribution in [0.1, 0.15) is 49.2 Å². The first-order valence-corrected chi connectivity index (χ1v) is 12.4. The highest BCUT2D eigenvalue weighted by Gasteiger charge is 2.42. The van der Waals surface area contributed by atoms with E-state index in [-0.39, 0.29) is 6.04 Å². The van der Waals surface area contributed by atoms with E-state index in [0.717, 1.165) is 40.3 Å². The Morgan fingerprint density at radius 3 is 2.19 bits per heavy atom. The monoisotopic (exact) mass is 504 g/mol. The number of benzene rings is 3. The molecule has 0 bridgehead atoms. The van der Waals surface area contributed by atoms with Crippen molar-refractivity contribution in [3.05, 3.63) is 71.3 Å². The number of ether oxygens (including phenoxy) is 6. The smallest absolute Gasteiger partial charge is 0.214 e. The van der Waals surface area contributed by atoms with Crippen LogP contribution >= 0.6 is 0 Å². The molecule has 3 aromatic carbocycles. The maximum absolute atomic E-state index is 6.65. The van der Waals surface area contributed by atoms with E-state index in [1.807, 2.05) is 55.3 Å². The van der Waals surface area contributed by atoms with E-state index in [2.05, 4.69) is 18.2 Å². The predicted molar refractivity (Wildman–Crippen MR) is 140 cm³/mol. The van der Waals surface area contributed by atoms with E-state index in [1.54, 1.807) is 21.3 Å². The minimum atomic E-state index is -0.534. The standard InChI is InChI=1S/C29H32N2O6/c1-6-35-20-13-11-18(12-14-20)22-17-23-21-9-8-10-24(36-7-2)27(21)37-29(31(23)30-22)19-15-25(32-3)28(34-5)26(16-19)33-4/h8-16,23,29H,6-7,17H2,1-5H3/t23-,29-/m0/s1. The van der Waals surface area contributed by atoms with Gasteiger partial charge in [-0.05, 0) is 61.9 Å². The largest absolute Gasteiger partial charge is 0.494 e. The summed E-state index contributed by atoms with van der Waals surface area (Å²) in [6.45, 7) is 5.11. The molecule has 2 aliphatic rings. The third-order valence-electron chi connectivity index (χ3n) is 6.55. The molecule has 0 saturated heterocycles. The van der Waals surface area contributed by atoms with Crippen LogP contribution < -0.4 is 28.4 Å². The second kappa shape index (κ2) is 10.5. The van der Waals surface area contributed by atoms with Gasteiger partial charge in [0.1, 0.15) is 5.75 Å². The second-order valence-electron chi connectivity index (χ2n) is 8.64. The van der Waals surface area contributed by atoms with Crippen molar-refractivity contribution in [1.82, 2.24) is 5.01 Å². The summed E-state index contributed by atoms with van der Waals surface area (Å²) in [6, 6.07) is 17.9. The van der Waals surface area contributed by atoms with Gasteiger partial charge in [0, 0.05) is 17.5 Å². The molecule has 2 atom stereocenters. The molecule has 37 heavy (non-hydrogen) atoms. The van der Waals surface area contributed by atoms with Crippen LogP contribution in [0, 0.1) is 0 Å². The lowest BCUT2D eigenvalue weighted by Crippen LogP contribution is -2.34. The highest BCUT2D eigenvalue weighted by molar-refractivity contribution is 6.02. The maximum atomic E-state index is 6.65. The maximum Gasteiger partial charge on any atom is 0.214 e. The number of para-hydroxylation sites is 1. The normalized spacial score (nSPS) is 17.8. The van der Waals surface area contributed by atoms with Crippen molar-refractivity contribution in [2.75, 3.05) is 34.5 Å². The van der Waals surface area contributed by atoms with Crippen LogP contribution in [0.2, 0.25) is 0 Å². The number of hydrazone groups is 1. The van der Waals surface area contributed by atoms with Crippen molar-refractivity contribution < 1.29 is 28.4 Å². The Bertz CT molecular complexity index is 1270. The molecule has 0 N–H and O–H groups in total. The van der Waals surface area contributed by atoms with Crippen LogP contribution in [0.25, 0.3) is 0 Å². The van der Waals surface area contributed by atoms with Crippen LogP contribution in [0.15, 0.2) is 59.7 Å². The average molecular weight is 505 g/mol. The van der Waals surface area contributed by atoms with Crippen molar-refractivity contribution >= 4 is 5.71 Å². The van der Waals surface area contributed by atoms with Gasteiger partial charge in [-0.3, -0.25) is 0 Å². The van der Waals surface area contributed by atoms with Gasteiger partial charge in [0.05, 0.1) is 46.3 Å². The van der Waals surface area contributed by atoms with Crippen LogP contribution in [-0.4, -0.2) is 45.3 Å². The van der Waals surface area contributed by atoms with E-state index in [4.69, 9.17) is 33.5 Å². The fourth-order valence-electron chi connectivity index (χ4n) is 4.90. The summed E-state index contributed by atoms with van der Waals surface area (Å²) >= 11 is 0. The second-order valence-corrected chi connectivity index (χ2v) is 8.64. The SMILES string of the molecule is CCOc1ccc(C2=NN3[C@@H](C2)c2cccc(OCC)c2O[C@H]3c2cc(OC)c(OC)c(OC)c2)cc1. The fraction of sp³-hybridized carbons (Fsp3) is 0.345. The first-order chi connectivity index (χ1) is 18.1. The van der Waals surface area contributed by atoms with Gasteiger partial charge in [0.25, 0.3) is 0 Å². The molecule has 3 aromatic rings. The fourth-order valence-corrected chi connectivity index (χ4v) is 4.90. The topological polar surface area (TPSA) is 71.0 Å². The Kier molecular flexibility index (Phi) is 6.99. The van der Waals surface area contributed by atoms with E-state index in [1.165, 1.54) is 0 Å². The van der Waals surface area contributed by atoms with Gasteiger partial charge >= 0.3 is 0 Å².